The summed E-state index contributed by atoms with van der Waals surface area (Å²) in [6, 6.07) is 6.19. The lowest BCUT2D eigenvalue weighted by Crippen LogP contribution is -2.26. The van der Waals surface area contributed by atoms with Crippen molar-refractivity contribution in [2.24, 2.45) is 4.40 Å². The normalized spacial score (nSPS) is 16.1. The Morgan fingerprint density at radius 1 is 1.41 bits per heavy atom. The molecule has 0 fully saturated rings. The molecule has 8 heteroatoms. The van der Waals surface area contributed by atoms with E-state index >= 15 is 0 Å². The van der Waals surface area contributed by atoms with Crippen LogP contribution in [0.25, 0.3) is 0 Å². The largest absolute Gasteiger partial charge is 0.479 e. The second-order valence-corrected chi connectivity index (χ2v) is 4.77. The number of benzene rings is 1. The second-order valence-electron chi connectivity index (χ2n) is 3.20. The minimum Gasteiger partial charge on any atom is -0.479 e. The van der Waals surface area contributed by atoms with Gasteiger partial charge in [0.05, 0.1) is 0 Å². The number of carbonyl (C=O) groups is 1. The number of hydrogen-bond acceptors (Lipinski definition) is 5. The molecule has 0 radical (unpaired) electrons. The maximum Gasteiger partial charge on any atom is 0.332 e. The Hall–Kier alpha value is -1.93. The molecule has 0 bridgehead atoms. The molecule has 0 saturated carbocycles. The van der Waals surface area contributed by atoms with Gasteiger partial charge in [-0.3, -0.25) is 4.84 Å². The lowest BCUT2D eigenvalue weighted by atomic mass is 10.2. The second kappa shape index (κ2) is 4.15. The quantitative estimate of drug-likeness (QED) is 0.722. The molecule has 0 aromatic heterocycles. The van der Waals surface area contributed by atoms with Crippen LogP contribution in [0.15, 0.2) is 33.6 Å². The fraction of sp³-hybridized carbons (Fsp3) is 0.111. The number of sulfonamides is 1. The Bertz CT molecular complexity index is 593. The molecule has 1 aliphatic rings. The summed E-state index contributed by atoms with van der Waals surface area (Å²) in [5.74, 6) is -1.19. The van der Waals surface area contributed by atoms with Crippen LogP contribution in [0.4, 0.5) is 0 Å². The molecule has 0 unspecified atom stereocenters. The van der Waals surface area contributed by atoms with Crippen molar-refractivity contribution >= 4 is 21.8 Å². The summed E-state index contributed by atoms with van der Waals surface area (Å²) in [6.45, 7) is -0.596. The maximum atomic E-state index is 11.6. The predicted octanol–water partition coefficient (Wildman–Crippen LogP) is -0.259. The van der Waals surface area contributed by atoms with Crippen molar-refractivity contribution in [3.63, 3.8) is 0 Å². The van der Waals surface area contributed by atoms with Gasteiger partial charge in [-0.05, 0) is 12.1 Å². The Kier molecular flexibility index (Phi) is 2.82. The first-order valence-corrected chi connectivity index (χ1v) is 5.99. The third-order valence-corrected chi connectivity index (χ3v) is 3.33. The summed E-state index contributed by atoms with van der Waals surface area (Å²) in [4.78, 5) is 14.9. The van der Waals surface area contributed by atoms with Gasteiger partial charge in [-0.15, -0.1) is 4.40 Å². The number of nitrogens with zero attached hydrogens (tertiary/aromatic N) is 1. The number of rotatable bonds is 3. The SMILES string of the molecule is O=C(O)CONC1=NS(=O)(=O)c2ccccc21. The Balaban J connectivity index is 2.23. The average Bonchev–Trinajstić information content (AvgIpc) is 2.51. The first kappa shape index (κ1) is 11.6. The van der Waals surface area contributed by atoms with Crippen LogP contribution in [0.5, 0.6) is 0 Å². The van der Waals surface area contributed by atoms with E-state index in [9.17, 15) is 13.2 Å². The van der Waals surface area contributed by atoms with Gasteiger partial charge in [-0.25, -0.2) is 10.3 Å². The molecule has 0 spiro atoms. The summed E-state index contributed by atoms with van der Waals surface area (Å²) < 4.78 is 26.6. The number of nitrogens with one attached hydrogen (secondary N) is 1. The monoisotopic (exact) mass is 256 g/mol. The van der Waals surface area contributed by atoms with Crippen molar-refractivity contribution in [3.8, 4) is 0 Å². The number of amidine groups is 1. The van der Waals surface area contributed by atoms with Gasteiger partial charge >= 0.3 is 5.97 Å². The van der Waals surface area contributed by atoms with E-state index in [0.29, 0.717) is 5.56 Å². The molecule has 17 heavy (non-hydrogen) atoms. The van der Waals surface area contributed by atoms with Crippen molar-refractivity contribution < 1.29 is 23.2 Å². The minimum absolute atomic E-state index is 0.0122. The highest BCUT2D eigenvalue weighted by atomic mass is 32.2. The van der Waals surface area contributed by atoms with Gasteiger partial charge in [0.15, 0.2) is 12.4 Å². The number of aliphatic carboxylic acids is 1. The highest BCUT2D eigenvalue weighted by Crippen LogP contribution is 2.24. The summed E-state index contributed by atoms with van der Waals surface area (Å²) >= 11 is 0. The molecular weight excluding hydrogens is 248 g/mol. The van der Waals surface area contributed by atoms with Crippen LogP contribution >= 0.6 is 0 Å². The van der Waals surface area contributed by atoms with E-state index in [4.69, 9.17) is 5.11 Å². The fourth-order valence-electron chi connectivity index (χ4n) is 1.35. The van der Waals surface area contributed by atoms with Gasteiger partial charge in [0.1, 0.15) is 4.90 Å². The molecule has 2 N–H and O–H groups in total. The van der Waals surface area contributed by atoms with Crippen molar-refractivity contribution in [1.29, 1.82) is 0 Å². The molecule has 0 saturated heterocycles. The Morgan fingerprint density at radius 3 is 2.82 bits per heavy atom. The minimum atomic E-state index is -3.71. The molecule has 1 aromatic rings. The zero-order chi connectivity index (χ0) is 12.5. The summed E-state index contributed by atoms with van der Waals surface area (Å²) in [6.07, 6.45) is 0. The Labute approximate surface area is 96.7 Å². The standard InChI is InChI=1S/C9H8N2O5S/c12-8(13)5-16-10-9-6-3-1-2-4-7(6)17(14,15)11-9/h1-4H,5H2,(H,10,11)(H,12,13). The van der Waals surface area contributed by atoms with Gasteiger partial charge in [0.2, 0.25) is 0 Å². The highest BCUT2D eigenvalue weighted by Gasteiger charge is 2.28. The van der Waals surface area contributed by atoms with Crippen LogP contribution in [0.1, 0.15) is 5.56 Å². The van der Waals surface area contributed by atoms with E-state index in [1.807, 2.05) is 0 Å². The molecule has 0 aliphatic carbocycles. The third kappa shape index (κ3) is 2.27. The number of hydrogen-bond donors (Lipinski definition) is 2. The van der Waals surface area contributed by atoms with Gasteiger partial charge in [0.25, 0.3) is 10.0 Å². The topological polar surface area (TPSA) is 105 Å². The summed E-state index contributed by atoms with van der Waals surface area (Å²) in [7, 11) is -3.71. The molecule has 1 aliphatic heterocycles. The van der Waals surface area contributed by atoms with Crippen molar-refractivity contribution in [2.75, 3.05) is 6.61 Å². The van der Waals surface area contributed by atoms with Gasteiger partial charge < -0.3 is 5.11 Å². The number of hydroxylamine groups is 1. The smallest absolute Gasteiger partial charge is 0.332 e. The lowest BCUT2D eigenvalue weighted by Gasteiger charge is -2.04. The number of carboxylic acids is 1. The third-order valence-electron chi connectivity index (χ3n) is 2.00. The van der Waals surface area contributed by atoms with E-state index in [2.05, 4.69) is 14.7 Å². The van der Waals surface area contributed by atoms with Crippen molar-refractivity contribution in [3.05, 3.63) is 29.8 Å². The average molecular weight is 256 g/mol. The first-order valence-electron chi connectivity index (χ1n) is 4.55. The zero-order valence-electron chi connectivity index (χ0n) is 8.45. The van der Waals surface area contributed by atoms with E-state index in [0.717, 1.165) is 0 Å². The predicted molar refractivity (Wildman–Crippen MR) is 56.9 cm³/mol. The van der Waals surface area contributed by atoms with Crippen molar-refractivity contribution in [1.82, 2.24) is 5.48 Å². The molecule has 2 rings (SSSR count). The molecular formula is C9H8N2O5S. The number of fused-ring (bicyclic) bond motifs is 1. The molecule has 90 valence electrons. The molecule has 0 amide bonds. The van der Waals surface area contributed by atoms with E-state index in [-0.39, 0.29) is 10.7 Å². The van der Waals surface area contributed by atoms with Gasteiger partial charge in [-0.1, -0.05) is 12.1 Å². The van der Waals surface area contributed by atoms with Crippen LogP contribution < -0.4 is 5.48 Å². The number of carboxylic acid groups (broad SMARTS) is 1. The first-order chi connectivity index (χ1) is 8.00. The lowest BCUT2D eigenvalue weighted by molar-refractivity contribution is -0.143. The highest BCUT2D eigenvalue weighted by molar-refractivity contribution is 7.90. The van der Waals surface area contributed by atoms with Gasteiger partial charge in [0, 0.05) is 5.56 Å². The summed E-state index contributed by atoms with van der Waals surface area (Å²) in [5, 5.41) is 8.36. The molecule has 0 atom stereocenters. The van der Waals surface area contributed by atoms with E-state index in [1.54, 1.807) is 18.2 Å². The van der Waals surface area contributed by atoms with Crippen LogP contribution in [-0.4, -0.2) is 31.9 Å². The fourth-order valence-corrected chi connectivity index (χ4v) is 2.51. The van der Waals surface area contributed by atoms with E-state index in [1.165, 1.54) is 6.07 Å². The van der Waals surface area contributed by atoms with Gasteiger partial charge in [-0.2, -0.15) is 8.42 Å². The van der Waals surface area contributed by atoms with Crippen LogP contribution in [0, 0.1) is 0 Å². The Morgan fingerprint density at radius 2 is 2.12 bits per heavy atom. The van der Waals surface area contributed by atoms with Crippen LogP contribution in [0.2, 0.25) is 0 Å². The van der Waals surface area contributed by atoms with E-state index < -0.39 is 22.6 Å². The zero-order valence-corrected chi connectivity index (χ0v) is 9.27. The maximum absolute atomic E-state index is 11.6. The summed E-state index contributed by atoms with van der Waals surface area (Å²) in [5.41, 5.74) is 2.57. The van der Waals surface area contributed by atoms with Crippen LogP contribution in [-0.2, 0) is 19.7 Å². The van der Waals surface area contributed by atoms with Crippen molar-refractivity contribution in [2.45, 2.75) is 4.90 Å². The molecule has 1 aromatic carbocycles. The van der Waals surface area contributed by atoms with Crippen LogP contribution in [0.3, 0.4) is 0 Å². The molecule has 1 heterocycles. The molecule has 7 nitrogen and oxygen atoms in total.